The molecule has 0 saturated carbocycles. The average molecular weight is 458 g/mol. The molecule has 0 bridgehead atoms. The number of aromatic amines is 1. The predicted octanol–water partition coefficient (Wildman–Crippen LogP) is 7.09. The number of hydrogen-bond donors (Lipinski definition) is 2. The minimum atomic E-state index is -0.126. The van der Waals surface area contributed by atoms with Gasteiger partial charge in [0, 0.05) is 28.4 Å². The second-order valence-corrected chi connectivity index (χ2v) is 8.92. The van der Waals surface area contributed by atoms with Crippen LogP contribution in [0.1, 0.15) is 35.3 Å². The summed E-state index contributed by atoms with van der Waals surface area (Å²) in [6.07, 6.45) is 1.90. The van der Waals surface area contributed by atoms with E-state index in [-0.39, 0.29) is 11.5 Å². The molecule has 0 spiro atoms. The van der Waals surface area contributed by atoms with E-state index in [0.717, 1.165) is 39.0 Å². The smallest absolute Gasteiger partial charge is 0.196 e. The molecule has 3 aromatic heterocycles. The molecular formula is C27H24ClN3O2. The molecule has 1 unspecified atom stereocenters. The summed E-state index contributed by atoms with van der Waals surface area (Å²) >= 11 is 6.02. The van der Waals surface area contributed by atoms with Gasteiger partial charge in [0.1, 0.15) is 16.5 Å². The number of H-pyrrole nitrogens is 1. The lowest BCUT2D eigenvalue weighted by molar-refractivity contribution is 0.605. The number of hydrogen-bond acceptors (Lipinski definition) is 4. The Hall–Kier alpha value is -3.57. The van der Waals surface area contributed by atoms with Gasteiger partial charge in [-0.1, -0.05) is 29.8 Å². The van der Waals surface area contributed by atoms with E-state index in [1.807, 2.05) is 70.3 Å². The van der Waals surface area contributed by atoms with Crippen LogP contribution in [-0.4, -0.2) is 9.97 Å². The number of halogens is 1. The highest BCUT2D eigenvalue weighted by Gasteiger charge is 2.19. The van der Waals surface area contributed by atoms with Gasteiger partial charge >= 0.3 is 0 Å². The lowest BCUT2D eigenvalue weighted by Gasteiger charge is -2.19. The van der Waals surface area contributed by atoms with Crippen molar-refractivity contribution in [1.29, 1.82) is 0 Å². The minimum absolute atomic E-state index is 0.0145. The largest absolute Gasteiger partial charge is 0.455 e. The molecule has 5 rings (SSSR count). The number of nitrogens with one attached hydrogen (secondary N) is 2. The van der Waals surface area contributed by atoms with E-state index in [1.165, 1.54) is 0 Å². The number of benzene rings is 2. The molecule has 2 N–H and O–H groups in total. The second-order valence-electron chi connectivity index (χ2n) is 8.53. The zero-order chi connectivity index (χ0) is 23.3. The van der Waals surface area contributed by atoms with E-state index in [9.17, 15) is 4.79 Å². The Labute approximate surface area is 196 Å². The first-order chi connectivity index (χ1) is 15.8. The third-order valence-electron chi connectivity index (χ3n) is 6.10. The van der Waals surface area contributed by atoms with E-state index in [1.54, 1.807) is 6.07 Å². The molecule has 33 heavy (non-hydrogen) atoms. The zero-order valence-electron chi connectivity index (χ0n) is 18.9. The van der Waals surface area contributed by atoms with Crippen LogP contribution in [0.15, 0.2) is 63.9 Å². The fourth-order valence-electron chi connectivity index (χ4n) is 4.35. The Morgan fingerprint density at radius 3 is 2.67 bits per heavy atom. The van der Waals surface area contributed by atoms with Gasteiger partial charge < -0.3 is 14.7 Å². The quantitative estimate of drug-likeness (QED) is 0.282. The number of anilines is 1. The molecule has 0 aliphatic rings. The van der Waals surface area contributed by atoms with E-state index in [0.29, 0.717) is 27.4 Å². The van der Waals surface area contributed by atoms with E-state index >= 15 is 0 Å². The van der Waals surface area contributed by atoms with Crippen LogP contribution in [-0.2, 0) is 0 Å². The molecule has 1 atom stereocenters. The molecule has 166 valence electrons. The van der Waals surface area contributed by atoms with Crippen molar-refractivity contribution in [3.8, 4) is 11.3 Å². The van der Waals surface area contributed by atoms with Gasteiger partial charge in [-0.15, -0.1) is 0 Å². The summed E-state index contributed by atoms with van der Waals surface area (Å²) < 4.78 is 6.49. The van der Waals surface area contributed by atoms with Crippen LogP contribution in [0.2, 0.25) is 5.15 Å². The maximum Gasteiger partial charge on any atom is 0.196 e. The Balaban J connectivity index is 1.68. The summed E-state index contributed by atoms with van der Waals surface area (Å²) in [5.74, 6) is 0.589. The molecule has 3 heterocycles. The Morgan fingerprint density at radius 2 is 1.88 bits per heavy atom. The van der Waals surface area contributed by atoms with Crippen LogP contribution >= 0.6 is 11.6 Å². The van der Waals surface area contributed by atoms with Crippen molar-refractivity contribution in [2.24, 2.45) is 0 Å². The summed E-state index contributed by atoms with van der Waals surface area (Å²) in [5.41, 5.74) is 6.66. The monoisotopic (exact) mass is 457 g/mol. The van der Waals surface area contributed by atoms with E-state index < -0.39 is 0 Å². The van der Waals surface area contributed by atoms with Crippen molar-refractivity contribution in [3.05, 3.63) is 92.5 Å². The van der Waals surface area contributed by atoms with Crippen LogP contribution < -0.4 is 10.7 Å². The van der Waals surface area contributed by atoms with Crippen molar-refractivity contribution in [2.75, 3.05) is 5.32 Å². The molecule has 5 aromatic rings. The van der Waals surface area contributed by atoms with Crippen molar-refractivity contribution in [2.45, 2.75) is 33.7 Å². The molecular weight excluding hydrogens is 434 g/mol. The third-order valence-corrected chi connectivity index (χ3v) is 6.31. The number of nitrogens with zero attached hydrogens (tertiary/aromatic N) is 1. The predicted molar refractivity (Wildman–Crippen MR) is 135 cm³/mol. The minimum Gasteiger partial charge on any atom is -0.455 e. The lowest BCUT2D eigenvalue weighted by Crippen LogP contribution is -2.13. The Morgan fingerprint density at radius 1 is 1.06 bits per heavy atom. The second kappa shape index (κ2) is 8.09. The SMILES string of the molecule is Cc1cc(C(C)Nc2ccc(Cl)nc2C)c2oc(-c3ccc4cc[nH]c4c3)c(C)c(=O)c2c1. The summed E-state index contributed by atoms with van der Waals surface area (Å²) in [7, 11) is 0. The maximum atomic E-state index is 13.4. The van der Waals surface area contributed by atoms with Crippen LogP contribution in [0.3, 0.4) is 0 Å². The first-order valence-electron chi connectivity index (χ1n) is 10.9. The highest BCUT2D eigenvalue weighted by atomic mass is 35.5. The molecule has 0 aliphatic carbocycles. The Bertz CT molecular complexity index is 1580. The molecule has 0 saturated heterocycles. The number of pyridine rings is 1. The molecule has 0 aliphatic heterocycles. The van der Waals surface area contributed by atoms with Crippen molar-refractivity contribution in [1.82, 2.24) is 9.97 Å². The summed E-state index contributed by atoms with van der Waals surface area (Å²) in [5, 5.41) is 5.66. The number of aryl methyl sites for hydroxylation is 2. The molecule has 6 heteroatoms. The normalized spacial score (nSPS) is 12.4. The summed E-state index contributed by atoms with van der Waals surface area (Å²) in [6, 6.07) is 15.6. The summed E-state index contributed by atoms with van der Waals surface area (Å²) in [6.45, 7) is 7.78. The first-order valence-corrected chi connectivity index (χ1v) is 11.2. The van der Waals surface area contributed by atoms with E-state index in [4.69, 9.17) is 16.0 Å². The Kier molecular flexibility index (Phi) is 5.22. The van der Waals surface area contributed by atoms with Crippen LogP contribution in [0.25, 0.3) is 33.2 Å². The van der Waals surface area contributed by atoms with Gasteiger partial charge in [0.15, 0.2) is 5.43 Å². The van der Waals surface area contributed by atoms with Crippen LogP contribution in [0.4, 0.5) is 5.69 Å². The van der Waals surface area contributed by atoms with Crippen molar-refractivity contribution in [3.63, 3.8) is 0 Å². The highest BCUT2D eigenvalue weighted by molar-refractivity contribution is 6.29. The molecule has 5 nitrogen and oxygen atoms in total. The van der Waals surface area contributed by atoms with Gasteiger partial charge in [0.25, 0.3) is 0 Å². The van der Waals surface area contributed by atoms with Gasteiger partial charge in [-0.25, -0.2) is 4.98 Å². The molecule has 0 radical (unpaired) electrons. The standard InChI is InChI=1S/C27H24ClN3O2/c1-14-11-20(16(3)30-22-7-8-24(28)31-17(22)4)27-21(12-14)25(32)15(2)26(33-27)19-6-5-18-9-10-29-23(18)13-19/h5-13,16,29-30H,1-4H3. The average Bonchev–Trinajstić information content (AvgIpc) is 3.26. The fraction of sp³-hybridized carbons (Fsp3) is 0.185. The van der Waals surface area contributed by atoms with Gasteiger partial charge in [0.05, 0.1) is 22.8 Å². The van der Waals surface area contributed by atoms with Gasteiger partial charge in [-0.3, -0.25) is 4.79 Å². The number of rotatable bonds is 4. The molecule has 0 fully saturated rings. The van der Waals surface area contributed by atoms with Crippen LogP contribution in [0, 0.1) is 20.8 Å². The van der Waals surface area contributed by atoms with Gasteiger partial charge in [-0.05, 0) is 69.0 Å². The molecule has 0 amide bonds. The highest BCUT2D eigenvalue weighted by Crippen LogP contribution is 2.33. The van der Waals surface area contributed by atoms with E-state index in [2.05, 4.69) is 21.4 Å². The topological polar surface area (TPSA) is 70.9 Å². The zero-order valence-corrected chi connectivity index (χ0v) is 19.7. The maximum absolute atomic E-state index is 13.4. The van der Waals surface area contributed by atoms with Crippen LogP contribution in [0.5, 0.6) is 0 Å². The fourth-order valence-corrected chi connectivity index (χ4v) is 4.54. The summed E-state index contributed by atoms with van der Waals surface area (Å²) in [4.78, 5) is 21.0. The number of aromatic nitrogens is 2. The van der Waals surface area contributed by atoms with Gasteiger partial charge in [-0.2, -0.15) is 0 Å². The van der Waals surface area contributed by atoms with Gasteiger partial charge in [0.2, 0.25) is 0 Å². The lowest BCUT2D eigenvalue weighted by atomic mass is 9.98. The number of fused-ring (bicyclic) bond motifs is 2. The van der Waals surface area contributed by atoms with Crippen molar-refractivity contribution >= 4 is 39.2 Å². The first kappa shape index (κ1) is 21.3. The molecule has 2 aromatic carbocycles. The third kappa shape index (κ3) is 3.79. The van der Waals surface area contributed by atoms with Crippen molar-refractivity contribution < 1.29 is 4.42 Å².